The SMILES string of the molecule is CCn1c([C@@H](Cc2ccccc2)NC(=O)C(C)(C)C)nc2ccccc21. The molecule has 1 aromatic heterocycles. The molecule has 2 aromatic carbocycles. The van der Waals surface area contributed by atoms with Gasteiger partial charge in [-0.05, 0) is 31.0 Å². The molecule has 4 nitrogen and oxygen atoms in total. The molecule has 1 heterocycles. The van der Waals surface area contributed by atoms with Crippen LogP contribution in [0.2, 0.25) is 0 Å². The number of aryl methyl sites for hydroxylation is 1. The molecule has 0 aliphatic heterocycles. The molecule has 1 atom stereocenters. The second kappa shape index (κ2) is 7.32. The van der Waals surface area contributed by atoms with E-state index >= 15 is 0 Å². The van der Waals surface area contributed by atoms with Crippen molar-refractivity contribution in [3.05, 3.63) is 66.0 Å². The lowest BCUT2D eigenvalue weighted by atomic mass is 9.94. The van der Waals surface area contributed by atoms with Gasteiger partial charge < -0.3 is 9.88 Å². The third kappa shape index (κ3) is 3.79. The summed E-state index contributed by atoms with van der Waals surface area (Å²) in [6.07, 6.45) is 0.714. The number of nitrogens with zero attached hydrogens (tertiary/aromatic N) is 2. The second-order valence-corrected chi connectivity index (χ2v) is 7.67. The molecule has 0 radical (unpaired) electrons. The molecule has 0 spiro atoms. The number of hydrogen-bond acceptors (Lipinski definition) is 2. The first-order valence-electron chi connectivity index (χ1n) is 9.20. The number of benzene rings is 2. The monoisotopic (exact) mass is 349 g/mol. The van der Waals surface area contributed by atoms with Gasteiger partial charge in [0.25, 0.3) is 0 Å². The lowest BCUT2D eigenvalue weighted by Crippen LogP contribution is -2.39. The van der Waals surface area contributed by atoms with Gasteiger partial charge in [-0.2, -0.15) is 0 Å². The highest BCUT2D eigenvalue weighted by molar-refractivity contribution is 5.82. The molecular formula is C22H27N3O. The summed E-state index contributed by atoms with van der Waals surface area (Å²) in [5.74, 6) is 0.947. The Morgan fingerprint density at radius 1 is 1.08 bits per heavy atom. The number of carbonyl (C=O) groups excluding carboxylic acids is 1. The molecule has 0 bridgehead atoms. The van der Waals surface area contributed by atoms with E-state index in [0.29, 0.717) is 6.42 Å². The van der Waals surface area contributed by atoms with Crippen LogP contribution in [0.4, 0.5) is 0 Å². The minimum atomic E-state index is -0.446. The molecule has 0 fully saturated rings. The van der Waals surface area contributed by atoms with Gasteiger partial charge in [0.2, 0.25) is 5.91 Å². The number of hydrogen-bond donors (Lipinski definition) is 1. The van der Waals surface area contributed by atoms with Gasteiger partial charge in [0, 0.05) is 12.0 Å². The molecular weight excluding hydrogens is 322 g/mol. The molecule has 0 aliphatic carbocycles. The maximum absolute atomic E-state index is 12.7. The molecule has 1 amide bonds. The average molecular weight is 349 g/mol. The summed E-state index contributed by atoms with van der Waals surface area (Å²) in [5, 5.41) is 3.24. The maximum atomic E-state index is 12.7. The smallest absolute Gasteiger partial charge is 0.225 e. The fourth-order valence-electron chi connectivity index (χ4n) is 3.12. The van der Waals surface area contributed by atoms with Crippen molar-refractivity contribution in [1.82, 2.24) is 14.9 Å². The summed E-state index contributed by atoms with van der Waals surface area (Å²) in [6, 6.07) is 18.2. The Hall–Kier alpha value is -2.62. The number of amides is 1. The standard InChI is InChI=1S/C22H27N3O/c1-5-25-19-14-10-9-13-17(19)23-20(25)18(24-21(26)22(2,3)4)15-16-11-7-6-8-12-16/h6-14,18H,5,15H2,1-4H3,(H,24,26)/t18-/m1/s1. The van der Waals surface area contributed by atoms with E-state index in [0.717, 1.165) is 23.4 Å². The van der Waals surface area contributed by atoms with E-state index in [4.69, 9.17) is 4.98 Å². The molecule has 0 aliphatic rings. The summed E-state index contributed by atoms with van der Waals surface area (Å²) in [5.41, 5.74) is 2.81. The van der Waals surface area contributed by atoms with Crippen molar-refractivity contribution >= 4 is 16.9 Å². The van der Waals surface area contributed by atoms with Crippen LogP contribution in [-0.2, 0) is 17.8 Å². The normalized spacial score (nSPS) is 12.9. The van der Waals surface area contributed by atoms with Gasteiger partial charge in [-0.3, -0.25) is 4.79 Å². The predicted molar refractivity (Wildman–Crippen MR) is 106 cm³/mol. The third-order valence-corrected chi connectivity index (χ3v) is 4.58. The van der Waals surface area contributed by atoms with Crippen molar-refractivity contribution in [3.8, 4) is 0 Å². The first kappa shape index (κ1) is 18.2. The Kier molecular flexibility index (Phi) is 5.12. The highest BCUT2D eigenvalue weighted by atomic mass is 16.2. The zero-order valence-corrected chi connectivity index (χ0v) is 16.0. The number of fused-ring (bicyclic) bond motifs is 1. The van der Waals surface area contributed by atoms with Crippen LogP contribution in [0.5, 0.6) is 0 Å². The molecule has 4 heteroatoms. The number of rotatable bonds is 5. The molecule has 26 heavy (non-hydrogen) atoms. The number of imidazole rings is 1. The molecule has 0 unspecified atom stereocenters. The van der Waals surface area contributed by atoms with Crippen LogP contribution in [0.3, 0.4) is 0 Å². The number of nitrogens with one attached hydrogen (secondary N) is 1. The van der Waals surface area contributed by atoms with Crippen molar-refractivity contribution in [2.24, 2.45) is 5.41 Å². The summed E-state index contributed by atoms with van der Waals surface area (Å²) >= 11 is 0. The Labute approximate surface area is 155 Å². The van der Waals surface area contributed by atoms with Gasteiger partial charge in [0.05, 0.1) is 17.1 Å². The molecule has 3 rings (SSSR count). The summed E-state index contributed by atoms with van der Waals surface area (Å²) in [4.78, 5) is 17.6. The van der Waals surface area contributed by atoms with Crippen LogP contribution in [0.15, 0.2) is 54.6 Å². The highest BCUT2D eigenvalue weighted by Crippen LogP contribution is 2.25. The summed E-state index contributed by atoms with van der Waals surface area (Å²) < 4.78 is 2.20. The Bertz CT molecular complexity index is 891. The van der Waals surface area contributed by atoms with Crippen LogP contribution >= 0.6 is 0 Å². The largest absolute Gasteiger partial charge is 0.345 e. The molecule has 1 N–H and O–H groups in total. The van der Waals surface area contributed by atoms with Crippen molar-refractivity contribution in [2.45, 2.75) is 46.7 Å². The average Bonchev–Trinajstić information content (AvgIpc) is 2.99. The van der Waals surface area contributed by atoms with E-state index in [-0.39, 0.29) is 11.9 Å². The van der Waals surface area contributed by atoms with E-state index < -0.39 is 5.41 Å². The van der Waals surface area contributed by atoms with Gasteiger partial charge in [-0.1, -0.05) is 63.2 Å². The Morgan fingerprint density at radius 3 is 2.38 bits per heavy atom. The first-order chi connectivity index (χ1) is 12.4. The number of para-hydroxylation sites is 2. The van der Waals surface area contributed by atoms with Gasteiger partial charge in [0.15, 0.2) is 0 Å². The van der Waals surface area contributed by atoms with Crippen molar-refractivity contribution < 1.29 is 4.79 Å². The maximum Gasteiger partial charge on any atom is 0.225 e. The number of aromatic nitrogens is 2. The van der Waals surface area contributed by atoms with Crippen molar-refractivity contribution in [1.29, 1.82) is 0 Å². The zero-order chi connectivity index (χ0) is 18.7. The predicted octanol–water partition coefficient (Wildman–Crippen LogP) is 4.50. The lowest BCUT2D eigenvalue weighted by Gasteiger charge is -2.25. The van der Waals surface area contributed by atoms with Crippen LogP contribution in [0, 0.1) is 5.41 Å². The van der Waals surface area contributed by atoms with Crippen LogP contribution < -0.4 is 5.32 Å². The Balaban J connectivity index is 2.03. The van der Waals surface area contributed by atoms with Gasteiger partial charge in [0.1, 0.15) is 5.82 Å². The van der Waals surface area contributed by atoms with Crippen molar-refractivity contribution in [2.75, 3.05) is 0 Å². The molecule has 136 valence electrons. The van der Waals surface area contributed by atoms with E-state index in [1.807, 2.05) is 57.2 Å². The minimum Gasteiger partial charge on any atom is -0.345 e. The lowest BCUT2D eigenvalue weighted by molar-refractivity contribution is -0.129. The molecule has 0 saturated heterocycles. The molecule has 3 aromatic rings. The van der Waals surface area contributed by atoms with Gasteiger partial charge in [-0.15, -0.1) is 0 Å². The van der Waals surface area contributed by atoms with Gasteiger partial charge in [-0.25, -0.2) is 4.98 Å². The third-order valence-electron chi connectivity index (χ3n) is 4.58. The summed E-state index contributed by atoms with van der Waals surface area (Å²) in [6.45, 7) is 8.73. The fourth-order valence-corrected chi connectivity index (χ4v) is 3.12. The van der Waals surface area contributed by atoms with Crippen LogP contribution in [-0.4, -0.2) is 15.5 Å². The highest BCUT2D eigenvalue weighted by Gasteiger charge is 2.27. The Morgan fingerprint density at radius 2 is 1.73 bits per heavy atom. The first-order valence-corrected chi connectivity index (χ1v) is 9.20. The van der Waals surface area contributed by atoms with Crippen LogP contribution in [0.1, 0.15) is 45.1 Å². The van der Waals surface area contributed by atoms with E-state index in [2.05, 4.69) is 35.0 Å². The van der Waals surface area contributed by atoms with Gasteiger partial charge >= 0.3 is 0 Å². The zero-order valence-electron chi connectivity index (χ0n) is 16.0. The van der Waals surface area contributed by atoms with E-state index in [9.17, 15) is 4.79 Å². The van der Waals surface area contributed by atoms with E-state index in [1.165, 1.54) is 5.56 Å². The number of carbonyl (C=O) groups is 1. The second-order valence-electron chi connectivity index (χ2n) is 7.67. The molecule has 0 saturated carbocycles. The van der Waals surface area contributed by atoms with Crippen LogP contribution in [0.25, 0.3) is 11.0 Å². The minimum absolute atomic E-state index is 0.0353. The fraction of sp³-hybridized carbons (Fsp3) is 0.364. The van der Waals surface area contributed by atoms with Crippen molar-refractivity contribution in [3.63, 3.8) is 0 Å². The summed E-state index contributed by atoms with van der Waals surface area (Å²) in [7, 11) is 0. The topological polar surface area (TPSA) is 46.9 Å². The van der Waals surface area contributed by atoms with E-state index in [1.54, 1.807) is 0 Å². The quantitative estimate of drug-likeness (QED) is 0.737.